The fourth-order valence-electron chi connectivity index (χ4n) is 1.80. The van der Waals surface area contributed by atoms with Gasteiger partial charge in [-0.1, -0.05) is 0 Å². The maximum Gasteiger partial charge on any atom is 0.254 e. The Hall–Kier alpha value is -0.540. The summed E-state index contributed by atoms with van der Waals surface area (Å²) in [6.45, 7) is 2.65. The van der Waals surface area contributed by atoms with Crippen molar-refractivity contribution in [3.8, 4) is 0 Å². The molecule has 2 heterocycles. The lowest BCUT2D eigenvalue weighted by atomic mass is 10.2. The van der Waals surface area contributed by atoms with Gasteiger partial charge in [-0.2, -0.15) is 4.31 Å². The Labute approximate surface area is 104 Å². The SMILES string of the molecule is Cc1ncc(S(=O)(=O)N(C)[C@H]2CNC[C@@H]2O)s1. The minimum atomic E-state index is -3.55. The zero-order valence-electron chi connectivity index (χ0n) is 9.62. The molecule has 17 heavy (non-hydrogen) atoms. The van der Waals surface area contributed by atoms with Crippen LogP contribution in [-0.4, -0.2) is 55.1 Å². The Bertz CT molecular complexity index is 499. The number of aryl methyl sites for hydroxylation is 1. The zero-order valence-corrected chi connectivity index (χ0v) is 11.3. The van der Waals surface area contributed by atoms with E-state index >= 15 is 0 Å². The summed E-state index contributed by atoms with van der Waals surface area (Å²) >= 11 is 1.14. The second-order valence-electron chi connectivity index (χ2n) is 4.01. The number of hydrogen-bond acceptors (Lipinski definition) is 6. The molecule has 0 aromatic carbocycles. The Morgan fingerprint density at radius 1 is 1.59 bits per heavy atom. The van der Waals surface area contributed by atoms with Gasteiger partial charge in [-0.05, 0) is 6.92 Å². The van der Waals surface area contributed by atoms with Crippen molar-refractivity contribution in [1.29, 1.82) is 0 Å². The molecule has 1 aromatic rings. The maximum atomic E-state index is 12.2. The molecular formula is C9H15N3O3S2. The smallest absolute Gasteiger partial charge is 0.254 e. The predicted molar refractivity (Wildman–Crippen MR) is 64.5 cm³/mol. The van der Waals surface area contributed by atoms with E-state index in [1.54, 1.807) is 6.92 Å². The molecular weight excluding hydrogens is 262 g/mol. The third kappa shape index (κ3) is 2.36. The van der Waals surface area contributed by atoms with Crippen LogP contribution in [0.2, 0.25) is 0 Å². The summed E-state index contributed by atoms with van der Waals surface area (Å²) in [4.78, 5) is 3.95. The molecule has 6 nitrogen and oxygen atoms in total. The van der Waals surface area contributed by atoms with Crippen LogP contribution in [0.15, 0.2) is 10.4 Å². The van der Waals surface area contributed by atoms with Gasteiger partial charge in [0.15, 0.2) is 4.21 Å². The summed E-state index contributed by atoms with van der Waals surface area (Å²) in [6, 6.07) is -0.414. The fourth-order valence-corrected chi connectivity index (χ4v) is 4.48. The molecule has 0 amide bonds. The first-order valence-corrected chi connectivity index (χ1v) is 7.48. The summed E-state index contributed by atoms with van der Waals surface area (Å²) < 4.78 is 25.9. The Morgan fingerprint density at radius 3 is 2.76 bits per heavy atom. The van der Waals surface area contributed by atoms with Crippen LogP contribution < -0.4 is 5.32 Å². The molecule has 2 rings (SSSR count). The summed E-state index contributed by atoms with van der Waals surface area (Å²) in [5.41, 5.74) is 0. The monoisotopic (exact) mass is 277 g/mol. The number of β-amino-alcohol motifs (C(OH)–C–C–N with tert-alkyl or cyclic N) is 1. The topological polar surface area (TPSA) is 82.5 Å². The number of aromatic nitrogens is 1. The Morgan fingerprint density at radius 2 is 2.29 bits per heavy atom. The van der Waals surface area contributed by atoms with Gasteiger partial charge in [-0.3, -0.25) is 0 Å². The van der Waals surface area contributed by atoms with Gasteiger partial charge in [-0.25, -0.2) is 13.4 Å². The average Bonchev–Trinajstić information content (AvgIpc) is 2.86. The van der Waals surface area contributed by atoms with E-state index in [1.165, 1.54) is 17.5 Å². The minimum absolute atomic E-state index is 0.219. The number of thiazole rings is 1. The van der Waals surface area contributed by atoms with Crippen molar-refractivity contribution in [1.82, 2.24) is 14.6 Å². The first-order chi connectivity index (χ1) is 7.93. The molecule has 0 unspecified atom stereocenters. The lowest BCUT2D eigenvalue weighted by Gasteiger charge is -2.24. The van der Waals surface area contributed by atoms with Crippen LogP contribution >= 0.6 is 11.3 Å². The largest absolute Gasteiger partial charge is 0.390 e. The summed E-state index contributed by atoms with van der Waals surface area (Å²) in [5, 5.41) is 13.4. The number of nitrogens with zero attached hydrogens (tertiary/aromatic N) is 2. The molecule has 0 bridgehead atoms. The van der Waals surface area contributed by atoms with Crippen LogP contribution in [-0.2, 0) is 10.0 Å². The highest BCUT2D eigenvalue weighted by Gasteiger charge is 2.36. The molecule has 2 atom stereocenters. The molecule has 1 aromatic heterocycles. The van der Waals surface area contributed by atoms with Crippen molar-refractivity contribution in [3.05, 3.63) is 11.2 Å². The predicted octanol–water partition coefficient (Wildman–Crippen LogP) is -0.595. The molecule has 96 valence electrons. The zero-order chi connectivity index (χ0) is 12.6. The minimum Gasteiger partial charge on any atom is -0.390 e. The molecule has 0 spiro atoms. The van der Waals surface area contributed by atoms with Crippen LogP contribution in [0.5, 0.6) is 0 Å². The molecule has 0 radical (unpaired) electrons. The highest BCUT2D eigenvalue weighted by molar-refractivity contribution is 7.91. The molecule has 1 saturated heterocycles. The van der Waals surface area contributed by atoms with Gasteiger partial charge >= 0.3 is 0 Å². The van der Waals surface area contributed by atoms with Crippen molar-refractivity contribution in [2.75, 3.05) is 20.1 Å². The second-order valence-corrected chi connectivity index (χ2v) is 7.47. The van der Waals surface area contributed by atoms with Crippen LogP contribution in [0.1, 0.15) is 5.01 Å². The molecule has 1 fully saturated rings. The first kappa shape index (κ1) is 12.9. The quantitative estimate of drug-likeness (QED) is 0.771. The lowest BCUT2D eigenvalue weighted by Crippen LogP contribution is -2.43. The molecule has 1 aliphatic heterocycles. The summed E-state index contributed by atoms with van der Waals surface area (Å²) in [5.74, 6) is 0. The number of aliphatic hydroxyl groups excluding tert-OH is 1. The van der Waals surface area contributed by atoms with E-state index in [4.69, 9.17) is 0 Å². The van der Waals surface area contributed by atoms with Crippen molar-refractivity contribution < 1.29 is 13.5 Å². The molecule has 0 saturated carbocycles. The van der Waals surface area contributed by atoms with Gasteiger partial charge in [0, 0.05) is 20.1 Å². The van der Waals surface area contributed by atoms with Crippen LogP contribution in [0.4, 0.5) is 0 Å². The molecule has 2 N–H and O–H groups in total. The third-order valence-electron chi connectivity index (χ3n) is 2.85. The van der Waals surface area contributed by atoms with E-state index < -0.39 is 22.2 Å². The lowest BCUT2D eigenvalue weighted by molar-refractivity contribution is 0.136. The highest BCUT2D eigenvalue weighted by atomic mass is 32.2. The van der Waals surface area contributed by atoms with Crippen molar-refractivity contribution in [2.24, 2.45) is 0 Å². The van der Waals surface area contributed by atoms with E-state index in [0.717, 1.165) is 11.3 Å². The fraction of sp³-hybridized carbons (Fsp3) is 0.667. The van der Waals surface area contributed by atoms with Gasteiger partial charge < -0.3 is 10.4 Å². The first-order valence-electron chi connectivity index (χ1n) is 5.22. The number of likely N-dealkylation sites (N-methyl/N-ethyl adjacent to an activating group) is 1. The Balaban J connectivity index is 2.26. The Kier molecular flexibility index (Phi) is 3.50. The van der Waals surface area contributed by atoms with Crippen molar-refractivity contribution in [2.45, 2.75) is 23.3 Å². The van der Waals surface area contributed by atoms with Gasteiger partial charge in [0.2, 0.25) is 0 Å². The van der Waals surface area contributed by atoms with Gasteiger partial charge in [-0.15, -0.1) is 11.3 Å². The van der Waals surface area contributed by atoms with E-state index in [0.29, 0.717) is 18.1 Å². The van der Waals surface area contributed by atoms with E-state index in [2.05, 4.69) is 10.3 Å². The standard InChI is InChI=1S/C9H15N3O3S2/c1-6-11-5-9(16-6)17(14,15)12(2)7-3-10-4-8(7)13/h5,7-8,10,13H,3-4H2,1-2H3/t7-,8-/m0/s1. The molecule has 0 aliphatic carbocycles. The summed E-state index contributed by atoms with van der Waals surface area (Å²) in [7, 11) is -2.05. The van der Waals surface area contributed by atoms with Gasteiger partial charge in [0.25, 0.3) is 10.0 Å². The molecule has 8 heteroatoms. The maximum absolute atomic E-state index is 12.2. The average molecular weight is 277 g/mol. The second kappa shape index (κ2) is 4.62. The normalized spacial score (nSPS) is 25.6. The van der Waals surface area contributed by atoms with E-state index in [9.17, 15) is 13.5 Å². The number of nitrogens with one attached hydrogen (secondary N) is 1. The highest BCUT2D eigenvalue weighted by Crippen LogP contribution is 2.24. The summed E-state index contributed by atoms with van der Waals surface area (Å²) in [6.07, 6.45) is 0.699. The van der Waals surface area contributed by atoms with Gasteiger partial charge in [0.05, 0.1) is 23.4 Å². The van der Waals surface area contributed by atoms with E-state index in [1.807, 2.05) is 0 Å². The van der Waals surface area contributed by atoms with Crippen molar-refractivity contribution >= 4 is 21.4 Å². The van der Waals surface area contributed by atoms with E-state index in [-0.39, 0.29) is 4.21 Å². The van der Waals surface area contributed by atoms with Crippen LogP contribution in [0, 0.1) is 6.92 Å². The van der Waals surface area contributed by atoms with Crippen molar-refractivity contribution in [3.63, 3.8) is 0 Å². The van der Waals surface area contributed by atoms with Crippen LogP contribution in [0.3, 0.4) is 0 Å². The van der Waals surface area contributed by atoms with Gasteiger partial charge in [0.1, 0.15) is 0 Å². The van der Waals surface area contributed by atoms with Crippen LogP contribution in [0.25, 0.3) is 0 Å². The number of aliphatic hydroxyl groups is 1. The number of rotatable bonds is 3. The number of hydrogen-bond donors (Lipinski definition) is 2. The number of sulfonamides is 1. The third-order valence-corrected chi connectivity index (χ3v) is 6.08. The molecule has 1 aliphatic rings.